The Kier molecular flexibility index (Phi) is 3.08. The molecule has 2 aliphatic rings. The number of pyridine rings is 1. The summed E-state index contributed by atoms with van der Waals surface area (Å²) in [5, 5.41) is -0.0814. The average molecular weight is 355 g/mol. The second-order valence-electron chi connectivity index (χ2n) is 6.19. The Morgan fingerprint density at radius 2 is 2.25 bits per heavy atom. The van der Waals surface area contributed by atoms with Crippen LogP contribution in [0, 0.1) is 11.8 Å². The molecule has 0 aliphatic heterocycles. The van der Waals surface area contributed by atoms with Gasteiger partial charge in [0.1, 0.15) is 11.3 Å². The van der Waals surface area contributed by atoms with Crippen LogP contribution in [-0.2, 0) is 0 Å². The maximum Gasteiger partial charge on any atom is 0.160 e. The fraction of sp³-hybridized carbons (Fsp3) is 0.600. The van der Waals surface area contributed by atoms with Crippen molar-refractivity contribution in [3.05, 3.63) is 22.6 Å². The molecule has 2 aromatic rings. The zero-order valence-corrected chi connectivity index (χ0v) is 13.7. The predicted molar refractivity (Wildman–Crippen MR) is 84.0 cm³/mol. The van der Waals surface area contributed by atoms with Crippen molar-refractivity contribution >= 4 is 38.7 Å². The van der Waals surface area contributed by atoms with Crippen molar-refractivity contribution in [2.45, 2.75) is 44.0 Å². The first kappa shape index (κ1) is 13.1. The zero-order valence-electron chi connectivity index (χ0n) is 11.4. The Morgan fingerprint density at radius 1 is 1.40 bits per heavy atom. The predicted octanol–water partition coefficient (Wildman–Crippen LogP) is 4.85. The van der Waals surface area contributed by atoms with E-state index in [0.717, 1.165) is 33.3 Å². The van der Waals surface area contributed by atoms with E-state index >= 15 is 0 Å². The number of aromatic nitrogens is 3. The first-order valence-corrected chi connectivity index (χ1v) is 8.54. The second-order valence-corrected chi connectivity index (χ2v) is 7.76. The van der Waals surface area contributed by atoms with Gasteiger partial charge in [-0.25, -0.2) is 9.97 Å². The highest BCUT2D eigenvalue weighted by molar-refractivity contribution is 9.10. The molecule has 2 aromatic heterocycles. The van der Waals surface area contributed by atoms with Gasteiger partial charge >= 0.3 is 0 Å². The van der Waals surface area contributed by atoms with Gasteiger partial charge in [-0.3, -0.25) is 0 Å². The van der Waals surface area contributed by atoms with Gasteiger partial charge in [-0.2, -0.15) is 0 Å². The molecule has 0 saturated heterocycles. The molecule has 0 aromatic carbocycles. The fourth-order valence-electron chi connectivity index (χ4n) is 4.11. The number of halogens is 2. The van der Waals surface area contributed by atoms with Gasteiger partial charge in [0.05, 0.1) is 5.38 Å². The lowest BCUT2D eigenvalue weighted by Crippen LogP contribution is -2.19. The molecule has 0 radical (unpaired) electrons. The maximum atomic E-state index is 6.38. The van der Waals surface area contributed by atoms with Crippen molar-refractivity contribution in [1.82, 2.24) is 14.5 Å². The van der Waals surface area contributed by atoms with Gasteiger partial charge in [-0.15, -0.1) is 11.6 Å². The van der Waals surface area contributed by atoms with Gasteiger partial charge in [-0.1, -0.05) is 6.42 Å². The van der Waals surface area contributed by atoms with Gasteiger partial charge < -0.3 is 4.57 Å². The van der Waals surface area contributed by atoms with E-state index in [1.165, 1.54) is 25.7 Å². The molecule has 5 heteroatoms. The summed E-state index contributed by atoms with van der Waals surface area (Å²) in [6, 6.07) is 2.58. The first-order chi connectivity index (χ1) is 9.63. The highest BCUT2D eigenvalue weighted by atomic mass is 79.9. The van der Waals surface area contributed by atoms with Gasteiger partial charge in [0, 0.05) is 16.7 Å². The molecular weight excluding hydrogens is 338 g/mol. The van der Waals surface area contributed by atoms with Crippen LogP contribution in [0.5, 0.6) is 0 Å². The highest BCUT2D eigenvalue weighted by Gasteiger charge is 2.42. The number of imidazole rings is 1. The topological polar surface area (TPSA) is 30.7 Å². The van der Waals surface area contributed by atoms with Crippen molar-refractivity contribution in [2.24, 2.45) is 11.8 Å². The lowest BCUT2D eigenvalue weighted by molar-refractivity contribution is 0.328. The molecule has 4 atom stereocenters. The third-order valence-electron chi connectivity index (χ3n) is 4.91. The molecule has 0 N–H and O–H groups in total. The Labute approximate surface area is 131 Å². The van der Waals surface area contributed by atoms with E-state index in [1.807, 2.05) is 19.2 Å². The third kappa shape index (κ3) is 1.92. The molecule has 106 valence electrons. The van der Waals surface area contributed by atoms with Crippen LogP contribution < -0.4 is 0 Å². The summed E-state index contributed by atoms with van der Waals surface area (Å²) >= 11 is 9.85. The highest BCUT2D eigenvalue weighted by Crippen LogP contribution is 2.52. The lowest BCUT2D eigenvalue weighted by Gasteiger charge is -2.25. The minimum Gasteiger partial charge on any atom is -0.308 e. The van der Waals surface area contributed by atoms with Crippen molar-refractivity contribution in [3.8, 4) is 0 Å². The molecule has 2 saturated carbocycles. The van der Waals surface area contributed by atoms with Crippen LogP contribution in [0.15, 0.2) is 16.7 Å². The van der Waals surface area contributed by atoms with E-state index in [-0.39, 0.29) is 5.38 Å². The van der Waals surface area contributed by atoms with E-state index in [1.54, 1.807) is 0 Å². The van der Waals surface area contributed by atoms with E-state index in [0.29, 0.717) is 6.04 Å². The summed E-state index contributed by atoms with van der Waals surface area (Å²) in [7, 11) is 0. The standard InChI is InChI=1S/C15H17BrClN3/c1-8(17)14-19-12-6-11(16)7-18-15(12)20(14)13-5-9-2-3-10(13)4-9/h6-10,13H,2-5H2,1H3. The Hall–Kier alpha value is -0.610. The number of hydrogen-bond acceptors (Lipinski definition) is 2. The van der Waals surface area contributed by atoms with Crippen molar-refractivity contribution in [2.75, 3.05) is 0 Å². The second kappa shape index (κ2) is 4.70. The molecule has 4 unspecified atom stereocenters. The van der Waals surface area contributed by atoms with Crippen molar-refractivity contribution in [3.63, 3.8) is 0 Å². The van der Waals surface area contributed by atoms with Gasteiger partial charge in [0.2, 0.25) is 0 Å². The van der Waals surface area contributed by atoms with Gasteiger partial charge in [0.15, 0.2) is 5.65 Å². The minimum atomic E-state index is -0.0814. The first-order valence-electron chi connectivity index (χ1n) is 7.31. The number of alkyl halides is 1. The monoisotopic (exact) mass is 353 g/mol. The van der Waals surface area contributed by atoms with E-state index in [4.69, 9.17) is 16.6 Å². The smallest absolute Gasteiger partial charge is 0.160 e. The van der Waals surface area contributed by atoms with Gasteiger partial charge in [0.25, 0.3) is 0 Å². The molecule has 4 rings (SSSR count). The van der Waals surface area contributed by atoms with Crippen molar-refractivity contribution < 1.29 is 0 Å². The fourth-order valence-corrected chi connectivity index (χ4v) is 4.58. The number of hydrogen-bond donors (Lipinski definition) is 0. The largest absolute Gasteiger partial charge is 0.308 e. The Bertz CT molecular complexity index is 666. The van der Waals surface area contributed by atoms with Crippen LogP contribution in [0.3, 0.4) is 0 Å². The summed E-state index contributed by atoms with van der Waals surface area (Å²) in [6.45, 7) is 2.00. The van der Waals surface area contributed by atoms with E-state index in [9.17, 15) is 0 Å². The molecule has 20 heavy (non-hydrogen) atoms. The molecule has 2 aliphatic carbocycles. The van der Waals surface area contributed by atoms with Crippen LogP contribution >= 0.6 is 27.5 Å². The molecule has 0 amide bonds. The summed E-state index contributed by atoms with van der Waals surface area (Å²) in [5.74, 6) is 2.67. The molecule has 3 nitrogen and oxygen atoms in total. The van der Waals surface area contributed by atoms with Crippen molar-refractivity contribution in [1.29, 1.82) is 0 Å². The molecule has 2 fully saturated rings. The average Bonchev–Trinajstić information content (AvgIpc) is 3.09. The summed E-state index contributed by atoms with van der Waals surface area (Å²) < 4.78 is 3.31. The number of fused-ring (bicyclic) bond motifs is 3. The summed E-state index contributed by atoms with van der Waals surface area (Å²) in [4.78, 5) is 9.35. The Morgan fingerprint density at radius 3 is 2.90 bits per heavy atom. The van der Waals surface area contributed by atoms with E-state index < -0.39 is 0 Å². The molecule has 0 spiro atoms. The third-order valence-corrected chi connectivity index (χ3v) is 5.54. The molecule has 2 heterocycles. The van der Waals surface area contributed by atoms with Crippen LogP contribution in [0.4, 0.5) is 0 Å². The quantitative estimate of drug-likeness (QED) is 0.721. The Balaban J connectivity index is 1.90. The van der Waals surface area contributed by atoms with E-state index in [2.05, 4.69) is 25.5 Å². The van der Waals surface area contributed by atoms with Crippen LogP contribution in [0.25, 0.3) is 11.2 Å². The van der Waals surface area contributed by atoms with Crippen LogP contribution in [-0.4, -0.2) is 14.5 Å². The summed E-state index contributed by atoms with van der Waals surface area (Å²) in [6.07, 6.45) is 7.25. The number of rotatable bonds is 2. The van der Waals surface area contributed by atoms with Crippen LogP contribution in [0.1, 0.15) is 49.9 Å². The maximum absolute atomic E-state index is 6.38. The molecule has 2 bridgehead atoms. The minimum absolute atomic E-state index is 0.0814. The normalized spacial score (nSPS) is 30.2. The summed E-state index contributed by atoms with van der Waals surface area (Å²) in [5.41, 5.74) is 1.94. The SMILES string of the molecule is CC(Cl)c1nc2cc(Br)cnc2n1C1CC2CCC1C2. The lowest BCUT2D eigenvalue weighted by atomic mass is 9.95. The molecular formula is C15H17BrClN3. The van der Waals surface area contributed by atoms with Crippen LogP contribution in [0.2, 0.25) is 0 Å². The number of nitrogens with zero attached hydrogens (tertiary/aromatic N) is 3. The zero-order chi connectivity index (χ0) is 13.9. The van der Waals surface area contributed by atoms with Gasteiger partial charge in [-0.05, 0) is 60.0 Å².